The number of carbonyl (C=O) groups excluding carboxylic acids is 1. The van der Waals surface area contributed by atoms with Crippen molar-refractivity contribution >= 4 is 87.1 Å². The lowest BCUT2D eigenvalue weighted by Gasteiger charge is -2.27. The number of amides is 1. The summed E-state index contributed by atoms with van der Waals surface area (Å²) in [5, 5.41) is 8.69. The molecule has 0 saturated heterocycles. The Bertz CT molecular complexity index is 582. The van der Waals surface area contributed by atoms with Crippen LogP contribution in [0.1, 0.15) is 6.92 Å². The average molecular weight is 440 g/mol. The number of ether oxygens (including phenoxy) is 1. The van der Waals surface area contributed by atoms with Crippen molar-refractivity contribution in [3.05, 3.63) is 28.2 Å². The van der Waals surface area contributed by atoms with Crippen LogP contribution in [0.3, 0.4) is 0 Å². The quantitative estimate of drug-likeness (QED) is 0.360. The monoisotopic (exact) mass is 437 g/mol. The Morgan fingerprint density at radius 1 is 1.26 bits per heavy atom. The number of thiocarbonyl (C=S) groups is 1. The molecular weight excluding hydrogens is 427 g/mol. The second-order valence-corrected chi connectivity index (χ2v) is 7.66. The van der Waals surface area contributed by atoms with Gasteiger partial charge in [0.05, 0.1) is 16.7 Å². The van der Waals surface area contributed by atoms with E-state index >= 15 is 0 Å². The minimum Gasteiger partial charge on any atom is -0.450 e. The Hall–Kier alpha value is -0.370. The van der Waals surface area contributed by atoms with E-state index in [0.29, 0.717) is 15.7 Å². The maximum Gasteiger partial charge on any atom is 0.408 e. The largest absolute Gasteiger partial charge is 0.450 e. The smallest absolute Gasteiger partial charge is 0.408 e. The van der Waals surface area contributed by atoms with Gasteiger partial charge >= 0.3 is 6.09 Å². The van der Waals surface area contributed by atoms with Crippen molar-refractivity contribution in [2.24, 2.45) is 0 Å². The number of hydrogen-bond donors (Lipinski definition) is 3. The highest BCUT2D eigenvalue weighted by Gasteiger charge is 2.35. The van der Waals surface area contributed by atoms with Crippen LogP contribution in [0.5, 0.6) is 0 Å². The predicted octanol–water partition coefficient (Wildman–Crippen LogP) is 4.72. The molecule has 0 aliphatic rings. The zero-order valence-electron chi connectivity index (χ0n) is 11.6. The fourth-order valence-electron chi connectivity index (χ4n) is 1.36. The Kier molecular flexibility index (Phi) is 8.27. The number of carbonyl (C=O) groups is 1. The first-order valence-corrected chi connectivity index (χ1v) is 8.46. The highest BCUT2D eigenvalue weighted by molar-refractivity contribution is 7.80. The third-order valence-electron chi connectivity index (χ3n) is 2.32. The summed E-state index contributed by atoms with van der Waals surface area (Å²) in [5.74, 6) is 0. The standard InChI is InChI=1S/C12H12Cl5N3O2S/c1-2-22-11(21)20-9(12(15,16)17)19-10(23)18-6-3-4-7(13)8(14)5-6/h3-5,9H,2H2,1H3,(H,20,21)(H2,18,19,23)/t9-/m1/s1. The van der Waals surface area contributed by atoms with Crippen molar-refractivity contribution in [3.8, 4) is 0 Å². The molecule has 1 atom stereocenters. The number of hydrogen-bond acceptors (Lipinski definition) is 3. The maximum atomic E-state index is 11.5. The van der Waals surface area contributed by atoms with Gasteiger partial charge in [0.1, 0.15) is 0 Å². The summed E-state index contributed by atoms with van der Waals surface area (Å²) in [5.41, 5.74) is 0.566. The van der Waals surface area contributed by atoms with Crippen LogP contribution >= 0.6 is 70.2 Å². The number of nitrogens with one attached hydrogen (secondary N) is 3. The van der Waals surface area contributed by atoms with Crippen molar-refractivity contribution in [2.75, 3.05) is 11.9 Å². The Morgan fingerprint density at radius 2 is 1.91 bits per heavy atom. The summed E-state index contributed by atoms with van der Waals surface area (Å²) in [4.78, 5) is 11.5. The number of halogens is 5. The Morgan fingerprint density at radius 3 is 2.43 bits per heavy atom. The number of benzene rings is 1. The minimum absolute atomic E-state index is 0.0940. The highest BCUT2D eigenvalue weighted by Crippen LogP contribution is 2.29. The van der Waals surface area contributed by atoms with Gasteiger partial charge in [0.2, 0.25) is 3.79 Å². The molecule has 1 aromatic rings. The van der Waals surface area contributed by atoms with Crippen molar-refractivity contribution in [3.63, 3.8) is 0 Å². The molecule has 0 aromatic heterocycles. The zero-order chi connectivity index (χ0) is 17.6. The van der Waals surface area contributed by atoms with Crippen molar-refractivity contribution in [1.29, 1.82) is 0 Å². The number of rotatable bonds is 4. The molecule has 1 amide bonds. The molecule has 128 valence electrons. The predicted molar refractivity (Wildman–Crippen MR) is 100 cm³/mol. The molecule has 1 rings (SSSR count). The van der Waals surface area contributed by atoms with Crippen LogP contribution in [0.25, 0.3) is 0 Å². The molecule has 0 spiro atoms. The van der Waals surface area contributed by atoms with Crippen LogP contribution < -0.4 is 16.0 Å². The molecule has 0 radical (unpaired) electrons. The lowest BCUT2D eigenvalue weighted by atomic mass is 10.3. The summed E-state index contributed by atoms with van der Waals surface area (Å²) < 4.78 is 2.87. The number of alkyl carbamates (subject to hydrolysis) is 1. The first-order valence-electron chi connectivity index (χ1n) is 6.16. The van der Waals surface area contributed by atoms with Gasteiger partial charge in [-0.25, -0.2) is 4.79 Å². The van der Waals surface area contributed by atoms with Crippen molar-refractivity contribution in [2.45, 2.75) is 16.9 Å². The summed E-state index contributed by atoms with van der Waals surface area (Å²) in [6, 6.07) is 4.82. The van der Waals surface area contributed by atoms with E-state index in [1.165, 1.54) is 0 Å². The van der Waals surface area contributed by atoms with E-state index in [1.807, 2.05) is 0 Å². The van der Waals surface area contributed by atoms with Crippen LogP contribution in [0, 0.1) is 0 Å². The SMILES string of the molecule is CCOC(=O)N[C@@H](NC(=S)Nc1ccc(Cl)c(Cl)c1)C(Cl)(Cl)Cl. The van der Waals surface area contributed by atoms with Gasteiger partial charge < -0.3 is 15.4 Å². The number of alkyl halides is 3. The second kappa shape index (κ2) is 9.20. The summed E-state index contributed by atoms with van der Waals surface area (Å²) in [6.45, 7) is 1.82. The molecule has 0 heterocycles. The van der Waals surface area contributed by atoms with E-state index in [0.717, 1.165) is 0 Å². The van der Waals surface area contributed by atoms with Gasteiger partial charge in [0.15, 0.2) is 11.3 Å². The summed E-state index contributed by atoms with van der Waals surface area (Å²) in [6.07, 6.45) is -1.87. The lowest BCUT2D eigenvalue weighted by molar-refractivity contribution is 0.147. The molecular formula is C12H12Cl5N3O2S. The molecule has 1 aromatic carbocycles. The summed E-state index contributed by atoms with van der Waals surface area (Å²) in [7, 11) is 0. The molecule has 3 N–H and O–H groups in total. The molecule has 5 nitrogen and oxygen atoms in total. The molecule has 0 bridgehead atoms. The van der Waals surface area contributed by atoms with Gasteiger partial charge in [-0.3, -0.25) is 5.32 Å². The van der Waals surface area contributed by atoms with E-state index < -0.39 is 16.1 Å². The van der Waals surface area contributed by atoms with Crippen molar-refractivity contribution in [1.82, 2.24) is 10.6 Å². The van der Waals surface area contributed by atoms with E-state index in [4.69, 9.17) is 75.0 Å². The van der Waals surface area contributed by atoms with E-state index in [2.05, 4.69) is 16.0 Å². The molecule has 0 aliphatic heterocycles. The molecule has 0 aliphatic carbocycles. The minimum atomic E-state index is -1.86. The van der Waals surface area contributed by atoms with Crippen LogP contribution in [-0.2, 0) is 4.74 Å². The average Bonchev–Trinajstić information content (AvgIpc) is 2.41. The third-order valence-corrected chi connectivity index (χ3v) is 3.93. The van der Waals surface area contributed by atoms with Gasteiger partial charge in [-0.05, 0) is 37.3 Å². The summed E-state index contributed by atoms with van der Waals surface area (Å²) >= 11 is 34.3. The molecule has 0 saturated carbocycles. The van der Waals surface area contributed by atoms with E-state index in [-0.39, 0.29) is 11.7 Å². The van der Waals surface area contributed by atoms with Gasteiger partial charge in [-0.1, -0.05) is 58.0 Å². The third kappa shape index (κ3) is 7.37. The van der Waals surface area contributed by atoms with Crippen molar-refractivity contribution < 1.29 is 9.53 Å². The van der Waals surface area contributed by atoms with Gasteiger partial charge in [0.25, 0.3) is 0 Å². The Balaban J connectivity index is 2.72. The first kappa shape index (κ1) is 20.7. The topological polar surface area (TPSA) is 62.4 Å². The lowest BCUT2D eigenvalue weighted by Crippen LogP contribution is -2.56. The maximum absolute atomic E-state index is 11.5. The molecule has 23 heavy (non-hydrogen) atoms. The van der Waals surface area contributed by atoms with Crippen LogP contribution in [0.2, 0.25) is 10.0 Å². The first-order chi connectivity index (χ1) is 10.6. The van der Waals surface area contributed by atoms with Gasteiger partial charge in [-0.2, -0.15) is 0 Å². The van der Waals surface area contributed by atoms with Crippen LogP contribution in [0.4, 0.5) is 10.5 Å². The second-order valence-electron chi connectivity index (χ2n) is 4.07. The fourth-order valence-corrected chi connectivity index (χ4v) is 2.22. The van der Waals surface area contributed by atoms with Crippen LogP contribution in [-0.4, -0.2) is 27.8 Å². The van der Waals surface area contributed by atoms with E-state index in [1.54, 1.807) is 25.1 Å². The van der Waals surface area contributed by atoms with Gasteiger partial charge in [0, 0.05) is 5.69 Å². The number of anilines is 1. The fraction of sp³-hybridized carbons (Fsp3) is 0.333. The van der Waals surface area contributed by atoms with Gasteiger partial charge in [-0.15, -0.1) is 0 Å². The molecule has 11 heteroatoms. The zero-order valence-corrected chi connectivity index (χ0v) is 16.2. The van der Waals surface area contributed by atoms with E-state index in [9.17, 15) is 4.79 Å². The van der Waals surface area contributed by atoms with Crippen LogP contribution in [0.15, 0.2) is 18.2 Å². The highest BCUT2D eigenvalue weighted by atomic mass is 35.6. The Labute approximate surface area is 163 Å². The molecule has 0 fully saturated rings. The molecule has 0 unspecified atom stereocenters. The normalized spacial score (nSPS) is 12.3.